The zero-order chi connectivity index (χ0) is 11.4. The molecule has 0 spiro atoms. The highest BCUT2D eigenvalue weighted by Crippen LogP contribution is 2.18. The molecule has 0 aromatic heterocycles. The average molecular weight is 226 g/mol. The maximum absolute atomic E-state index is 11.5. The lowest BCUT2D eigenvalue weighted by Crippen LogP contribution is -2.48. The largest absolute Gasteiger partial charge is 0.335 e. The molecule has 5 nitrogen and oxygen atoms in total. The third kappa shape index (κ3) is 3.64. The molecule has 1 heterocycles. The second-order valence-electron chi connectivity index (χ2n) is 4.80. The van der Waals surface area contributed by atoms with E-state index in [9.17, 15) is 4.79 Å². The van der Waals surface area contributed by atoms with Crippen molar-refractivity contribution < 1.29 is 4.79 Å². The van der Waals surface area contributed by atoms with Crippen LogP contribution >= 0.6 is 0 Å². The zero-order valence-electron chi connectivity index (χ0n) is 9.74. The van der Waals surface area contributed by atoms with Gasteiger partial charge in [-0.25, -0.2) is 4.79 Å². The van der Waals surface area contributed by atoms with Gasteiger partial charge in [0.25, 0.3) is 0 Å². The number of hydrogen-bond acceptors (Lipinski definition) is 3. The number of carbonyl (C=O) groups excluding carboxylic acids is 1. The first kappa shape index (κ1) is 11.7. The fourth-order valence-corrected chi connectivity index (χ4v) is 2.12. The molecule has 2 aliphatic rings. The van der Waals surface area contributed by atoms with Crippen LogP contribution in [0.5, 0.6) is 0 Å². The van der Waals surface area contributed by atoms with Gasteiger partial charge in [0.15, 0.2) is 0 Å². The predicted octanol–water partition coefficient (Wildman–Crippen LogP) is -0.129. The molecule has 5 heteroatoms. The molecule has 4 N–H and O–H groups in total. The molecule has 1 aliphatic carbocycles. The Morgan fingerprint density at radius 2 is 1.69 bits per heavy atom. The minimum absolute atomic E-state index is 0.0137. The number of rotatable bonds is 4. The van der Waals surface area contributed by atoms with Gasteiger partial charge in [-0.05, 0) is 25.7 Å². The number of urea groups is 1. The number of carbonyl (C=O) groups is 1. The van der Waals surface area contributed by atoms with Crippen LogP contribution in [0.1, 0.15) is 25.7 Å². The van der Waals surface area contributed by atoms with Crippen LogP contribution in [0.2, 0.25) is 0 Å². The number of nitrogens with zero attached hydrogens (tertiary/aromatic N) is 1. The molecule has 1 aliphatic heterocycles. The Balaban J connectivity index is 1.62. The lowest BCUT2D eigenvalue weighted by molar-refractivity contribution is 0.195. The molecule has 0 aromatic rings. The normalized spacial score (nSPS) is 23.1. The van der Waals surface area contributed by atoms with Gasteiger partial charge in [0.2, 0.25) is 0 Å². The predicted molar refractivity (Wildman–Crippen MR) is 63.2 cm³/mol. The van der Waals surface area contributed by atoms with E-state index in [2.05, 4.69) is 15.5 Å². The fraction of sp³-hybridized carbons (Fsp3) is 0.909. The molecule has 2 amide bonds. The van der Waals surface area contributed by atoms with E-state index >= 15 is 0 Å². The molecule has 1 saturated carbocycles. The molecule has 0 bridgehead atoms. The van der Waals surface area contributed by atoms with Crippen molar-refractivity contribution in [2.24, 2.45) is 5.73 Å². The minimum Gasteiger partial charge on any atom is -0.335 e. The first-order valence-electron chi connectivity index (χ1n) is 6.27. The van der Waals surface area contributed by atoms with E-state index in [1.54, 1.807) is 0 Å². The highest BCUT2D eigenvalue weighted by atomic mass is 16.2. The summed E-state index contributed by atoms with van der Waals surface area (Å²) in [6, 6.07) is 0.796. The summed E-state index contributed by atoms with van der Waals surface area (Å²) in [6.45, 7) is 3.79. The summed E-state index contributed by atoms with van der Waals surface area (Å²) in [7, 11) is 0. The number of likely N-dealkylation sites (tertiary alicyclic amines) is 1. The van der Waals surface area contributed by atoms with Crippen LogP contribution in [0.4, 0.5) is 4.79 Å². The number of nitrogens with two attached hydrogens (primary N) is 1. The summed E-state index contributed by atoms with van der Waals surface area (Å²) in [5.41, 5.74) is 5.52. The van der Waals surface area contributed by atoms with Crippen molar-refractivity contribution in [1.29, 1.82) is 0 Å². The molecular formula is C11H22N4O. The SMILES string of the molecule is NCCN1CCC(NC(=O)NC2CC2)CC1. The molecule has 0 radical (unpaired) electrons. The highest BCUT2D eigenvalue weighted by Gasteiger charge is 2.25. The molecule has 0 aromatic carbocycles. The summed E-state index contributed by atoms with van der Waals surface area (Å²) >= 11 is 0. The van der Waals surface area contributed by atoms with Crippen LogP contribution in [0.3, 0.4) is 0 Å². The van der Waals surface area contributed by atoms with Gasteiger partial charge in [-0.1, -0.05) is 0 Å². The van der Waals surface area contributed by atoms with Gasteiger partial charge < -0.3 is 21.3 Å². The van der Waals surface area contributed by atoms with E-state index in [0.29, 0.717) is 12.1 Å². The van der Waals surface area contributed by atoms with Crippen molar-refractivity contribution >= 4 is 6.03 Å². The summed E-state index contributed by atoms with van der Waals surface area (Å²) in [5, 5.41) is 6.00. The summed E-state index contributed by atoms with van der Waals surface area (Å²) in [4.78, 5) is 13.9. The number of hydrogen-bond donors (Lipinski definition) is 3. The Morgan fingerprint density at radius 3 is 2.19 bits per heavy atom. The Bertz CT molecular complexity index is 234. The van der Waals surface area contributed by atoms with Gasteiger partial charge in [0.1, 0.15) is 0 Å². The Kier molecular flexibility index (Phi) is 4.01. The number of nitrogens with one attached hydrogen (secondary N) is 2. The second kappa shape index (κ2) is 5.50. The van der Waals surface area contributed by atoms with Crippen LogP contribution in [-0.4, -0.2) is 49.2 Å². The van der Waals surface area contributed by atoms with Crippen molar-refractivity contribution in [3.63, 3.8) is 0 Å². The van der Waals surface area contributed by atoms with Gasteiger partial charge >= 0.3 is 6.03 Å². The van der Waals surface area contributed by atoms with Crippen molar-refractivity contribution in [3.8, 4) is 0 Å². The molecule has 0 unspecified atom stereocenters. The molecule has 1 saturated heterocycles. The van der Waals surface area contributed by atoms with Crippen molar-refractivity contribution in [3.05, 3.63) is 0 Å². The first-order chi connectivity index (χ1) is 7.78. The second-order valence-corrected chi connectivity index (χ2v) is 4.80. The standard InChI is InChI=1S/C11H22N4O/c12-5-8-15-6-3-10(4-7-15)14-11(16)13-9-1-2-9/h9-10H,1-8,12H2,(H2,13,14,16). The van der Waals surface area contributed by atoms with Gasteiger partial charge in [0.05, 0.1) is 0 Å². The van der Waals surface area contributed by atoms with Gasteiger partial charge in [-0.3, -0.25) is 0 Å². The Morgan fingerprint density at radius 1 is 1.12 bits per heavy atom. The Hall–Kier alpha value is -0.810. The van der Waals surface area contributed by atoms with E-state index in [-0.39, 0.29) is 6.03 Å². The topological polar surface area (TPSA) is 70.4 Å². The average Bonchev–Trinajstić information content (AvgIpc) is 3.05. The van der Waals surface area contributed by atoms with Gasteiger partial charge in [-0.15, -0.1) is 0 Å². The van der Waals surface area contributed by atoms with E-state index in [4.69, 9.17) is 5.73 Å². The van der Waals surface area contributed by atoms with E-state index < -0.39 is 0 Å². The lowest BCUT2D eigenvalue weighted by Gasteiger charge is -2.31. The molecule has 0 atom stereocenters. The lowest BCUT2D eigenvalue weighted by atomic mass is 10.1. The maximum atomic E-state index is 11.5. The fourth-order valence-electron chi connectivity index (χ4n) is 2.12. The van der Waals surface area contributed by atoms with Crippen LogP contribution in [0.15, 0.2) is 0 Å². The monoisotopic (exact) mass is 226 g/mol. The zero-order valence-corrected chi connectivity index (χ0v) is 9.74. The van der Waals surface area contributed by atoms with Gasteiger partial charge in [-0.2, -0.15) is 0 Å². The van der Waals surface area contributed by atoms with Crippen LogP contribution in [-0.2, 0) is 0 Å². The Labute approximate surface area is 96.7 Å². The van der Waals surface area contributed by atoms with Crippen LogP contribution in [0, 0.1) is 0 Å². The quantitative estimate of drug-likeness (QED) is 0.625. The molecule has 16 heavy (non-hydrogen) atoms. The van der Waals surface area contributed by atoms with E-state index in [0.717, 1.165) is 51.9 Å². The number of amides is 2. The minimum atomic E-state index is 0.0137. The third-order valence-corrected chi connectivity index (χ3v) is 3.28. The summed E-state index contributed by atoms with van der Waals surface area (Å²) in [5.74, 6) is 0. The highest BCUT2D eigenvalue weighted by molar-refractivity contribution is 5.74. The van der Waals surface area contributed by atoms with Gasteiger partial charge in [0, 0.05) is 38.3 Å². The van der Waals surface area contributed by atoms with E-state index in [1.807, 2.05) is 0 Å². The first-order valence-corrected chi connectivity index (χ1v) is 6.27. The van der Waals surface area contributed by atoms with E-state index in [1.165, 1.54) is 0 Å². The smallest absolute Gasteiger partial charge is 0.315 e. The molecular weight excluding hydrogens is 204 g/mol. The van der Waals surface area contributed by atoms with Crippen LogP contribution < -0.4 is 16.4 Å². The third-order valence-electron chi connectivity index (χ3n) is 3.28. The van der Waals surface area contributed by atoms with Crippen molar-refractivity contribution in [2.45, 2.75) is 37.8 Å². The summed E-state index contributed by atoms with van der Waals surface area (Å²) in [6.07, 6.45) is 4.36. The molecule has 2 fully saturated rings. The summed E-state index contributed by atoms with van der Waals surface area (Å²) < 4.78 is 0. The molecule has 2 rings (SSSR count). The van der Waals surface area contributed by atoms with Crippen molar-refractivity contribution in [1.82, 2.24) is 15.5 Å². The number of piperidine rings is 1. The maximum Gasteiger partial charge on any atom is 0.315 e. The van der Waals surface area contributed by atoms with Crippen molar-refractivity contribution in [2.75, 3.05) is 26.2 Å². The molecule has 92 valence electrons. The van der Waals surface area contributed by atoms with Crippen LogP contribution in [0.25, 0.3) is 0 Å².